The van der Waals surface area contributed by atoms with Gasteiger partial charge >= 0.3 is 0 Å². The minimum Gasteiger partial charge on any atom is -0.455 e. The van der Waals surface area contributed by atoms with Crippen molar-refractivity contribution < 1.29 is 9.21 Å². The van der Waals surface area contributed by atoms with Crippen LogP contribution in [0.4, 0.5) is 0 Å². The number of nitrogens with zero attached hydrogens (tertiary/aromatic N) is 2. The summed E-state index contributed by atoms with van der Waals surface area (Å²) in [5.74, 6) is 0.923. The second-order valence-corrected chi connectivity index (χ2v) is 6.63. The minimum absolute atomic E-state index is 0.347. The van der Waals surface area contributed by atoms with Gasteiger partial charge in [-0.15, -0.1) is 0 Å². The summed E-state index contributed by atoms with van der Waals surface area (Å²) in [6.07, 6.45) is 4.52. The number of amides is 1. The summed E-state index contributed by atoms with van der Waals surface area (Å²) in [5, 5.41) is 3.90. The number of aromatic nitrogens is 1. The number of nitrogens with one attached hydrogen (secondary N) is 1. The molecule has 0 aliphatic rings. The maximum atomic E-state index is 11.9. The fourth-order valence-electron chi connectivity index (χ4n) is 1.95. The van der Waals surface area contributed by atoms with E-state index in [1.165, 1.54) is 12.4 Å². The summed E-state index contributed by atoms with van der Waals surface area (Å²) in [5.41, 5.74) is 3.81. The van der Waals surface area contributed by atoms with E-state index in [4.69, 9.17) is 4.42 Å². The average molecular weight is 449 g/mol. The van der Waals surface area contributed by atoms with Crippen molar-refractivity contribution in [1.82, 2.24) is 10.4 Å². The average Bonchev–Trinajstić information content (AvgIpc) is 3.04. The van der Waals surface area contributed by atoms with Gasteiger partial charge in [-0.1, -0.05) is 28.1 Å². The molecule has 0 bridgehead atoms. The number of furan rings is 1. The fraction of sp³-hybridized carbons (Fsp3) is 0. The van der Waals surface area contributed by atoms with Crippen LogP contribution in [0, 0.1) is 0 Å². The Bertz CT molecular complexity index is 889. The number of carbonyl (C=O) groups excluding carboxylic acids is 1. The summed E-state index contributed by atoms with van der Waals surface area (Å²) in [6.45, 7) is 0. The quantitative estimate of drug-likeness (QED) is 0.467. The number of hydrazone groups is 1. The molecule has 2 heterocycles. The first kappa shape index (κ1) is 16.6. The van der Waals surface area contributed by atoms with Crippen molar-refractivity contribution in [1.29, 1.82) is 0 Å². The lowest BCUT2D eigenvalue weighted by molar-refractivity contribution is 0.0954. The Morgan fingerprint density at radius 1 is 1.08 bits per heavy atom. The molecule has 3 rings (SSSR count). The van der Waals surface area contributed by atoms with E-state index in [9.17, 15) is 4.79 Å². The highest BCUT2D eigenvalue weighted by molar-refractivity contribution is 9.10. The zero-order valence-electron chi connectivity index (χ0n) is 12.2. The standard InChI is InChI=1S/C17H11Br2N3O2/c18-13-3-1-11(2-4-13)16-6-5-15(24-16)10-21-22-17(23)12-7-14(19)9-20-8-12/h1-10H,(H,22,23)/b21-10+. The maximum Gasteiger partial charge on any atom is 0.272 e. The molecule has 2 aromatic heterocycles. The summed E-state index contributed by atoms with van der Waals surface area (Å²) < 4.78 is 7.41. The van der Waals surface area contributed by atoms with E-state index in [0.717, 1.165) is 20.3 Å². The Morgan fingerprint density at radius 2 is 1.88 bits per heavy atom. The van der Waals surface area contributed by atoms with Gasteiger partial charge < -0.3 is 4.42 Å². The number of hydrogen-bond donors (Lipinski definition) is 1. The molecule has 3 aromatic rings. The molecule has 0 fully saturated rings. The van der Waals surface area contributed by atoms with Crippen LogP contribution in [-0.2, 0) is 0 Å². The van der Waals surface area contributed by atoms with E-state index in [-0.39, 0.29) is 5.91 Å². The smallest absolute Gasteiger partial charge is 0.272 e. The first-order valence-electron chi connectivity index (χ1n) is 6.91. The second kappa shape index (κ2) is 7.55. The van der Waals surface area contributed by atoms with Crippen LogP contribution in [0.1, 0.15) is 16.1 Å². The lowest BCUT2D eigenvalue weighted by Gasteiger charge is -1.99. The van der Waals surface area contributed by atoms with Crippen molar-refractivity contribution in [3.63, 3.8) is 0 Å². The molecule has 1 aromatic carbocycles. The molecular formula is C17H11Br2N3O2. The third-order valence-electron chi connectivity index (χ3n) is 3.08. The molecule has 0 saturated carbocycles. The predicted molar refractivity (Wildman–Crippen MR) is 98.8 cm³/mol. The monoisotopic (exact) mass is 447 g/mol. The normalized spacial score (nSPS) is 10.9. The molecule has 5 nitrogen and oxygen atoms in total. The van der Waals surface area contributed by atoms with Gasteiger partial charge in [-0.05, 0) is 46.3 Å². The molecular weight excluding hydrogens is 438 g/mol. The lowest BCUT2D eigenvalue weighted by atomic mass is 10.2. The van der Waals surface area contributed by atoms with Gasteiger partial charge in [-0.3, -0.25) is 9.78 Å². The second-order valence-electron chi connectivity index (χ2n) is 4.80. The summed E-state index contributed by atoms with van der Waals surface area (Å²) in [6, 6.07) is 13.1. The van der Waals surface area contributed by atoms with Crippen LogP contribution < -0.4 is 5.43 Å². The highest BCUT2D eigenvalue weighted by Gasteiger charge is 2.06. The third-order valence-corrected chi connectivity index (χ3v) is 4.04. The Hall–Kier alpha value is -2.25. The lowest BCUT2D eigenvalue weighted by Crippen LogP contribution is -2.17. The molecule has 0 atom stereocenters. The number of carbonyl (C=O) groups is 1. The molecule has 0 unspecified atom stereocenters. The van der Waals surface area contributed by atoms with Crippen LogP contribution in [0.2, 0.25) is 0 Å². The third kappa shape index (κ3) is 4.18. The number of halogens is 2. The number of benzene rings is 1. The van der Waals surface area contributed by atoms with Gasteiger partial charge in [-0.25, -0.2) is 5.43 Å². The number of rotatable bonds is 4. The van der Waals surface area contributed by atoms with Crippen molar-refractivity contribution in [2.75, 3.05) is 0 Å². The summed E-state index contributed by atoms with van der Waals surface area (Å²) in [4.78, 5) is 15.9. The van der Waals surface area contributed by atoms with Crippen molar-refractivity contribution in [3.8, 4) is 11.3 Å². The highest BCUT2D eigenvalue weighted by Crippen LogP contribution is 2.23. The Morgan fingerprint density at radius 3 is 2.62 bits per heavy atom. The summed E-state index contributed by atoms with van der Waals surface area (Å²) >= 11 is 6.66. The van der Waals surface area contributed by atoms with Gasteiger partial charge in [0.05, 0.1) is 11.8 Å². The van der Waals surface area contributed by atoms with Gasteiger partial charge in [0.1, 0.15) is 11.5 Å². The van der Waals surface area contributed by atoms with Gasteiger partial charge in [0.15, 0.2) is 0 Å². The van der Waals surface area contributed by atoms with Crippen LogP contribution in [0.5, 0.6) is 0 Å². The van der Waals surface area contributed by atoms with Gasteiger partial charge in [0.25, 0.3) is 5.91 Å². The molecule has 0 spiro atoms. The molecule has 0 aliphatic heterocycles. The minimum atomic E-state index is -0.347. The van der Waals surface area contributed by atoms with Crippen LogP contribution in [-0.4, -0.2) is 17.1 Å². The first-order valence-corrected chi connectivity index (χ1v) is 8.50. The SMILES string of the molecule is O=C(N/N=C/c1ccc(-c2ccc(Br)cc2)o1)c1cncc(Br)c1. The van der Waals surface area contributed by atoms with Crippen molar-refractivity contribution in [2.24, 2.45) is 5.10 Å². The van der Waals surface area contributed by atoms with E-state index >= 15 is 0 Å². The molecule has 1 amide bonds. The van der Waals surface area contributed by atoms with E-state index in [1.807, 2.05) is 30.3 Å². The predicted octanol–water partition coefficient (Wildman–Crippen LogP) is 4.63. The fourth-order valence-corrected chi connectivity index (χ4v) is 2.58. The van der Waals surface area contributed by atoms with Crippen LogP contribution in [0.25, 0.3) is 11.3 Å². The molecule has 0 radical (unpaired) electrons. The Labute approximate surface area is 155 Å². The molecule has 120 valence electrons. The van der Waals surface area contributed by atoms with Gasteiger partial charge in [-0.2, -0.15) is 5.10 Å². The van der Waals surface area contributed by atoms with Gasteiger partial charge in [0, 0.05) is 26.9 Å². The van der Waals surface area contributed by atoms with E-state index < -0.39 is 0 Å². The highest BCUT2D eigenvalue weighted by atomic mass is 79.9. The summed E-state index contributed by atoms with van der Waals surface area (Å²) in [7, 11) is 0. The molecule has 7 heteroatoms. The maximum absolute atomic E-state index is 11.9. The van der Waals surface area contributed by atoms with E-state index in [1.54, 1.807) is 18.3 Å². The van der Waals surface area contributed by atoms with Gasteiger partial charge in [0.2, 0.25) is 0 Å². The first-order chi connectivity index (χ1) is 11.6. The van der Waals surface area contributed by atoms with Crippen molar-refractivity contribution in [2.45, 2.75) is 0 Å². The van der Waals surface area contributed by atoms with Crippen molar-refractivity contribution in [3.05, 3.63) is 75.1 Å². The van der Waals surface area contributed by atoms with Crippen LogP contribution in [0.3, 0.4) is 0 Å². The van der Waals surface area contributed by atoms with Crippen molar-refractivity contribution >= 4 is 44.0 Å². The van der Waals surface area contributed by atoms with E-state index in [2.05, 4.69) is 47.4 Å². The van der Waals surface area contributed by atoms with Crippen LogP contribution in [0.15, 0.2) is 73.3 Å². The Kier molecular flexibility index (Phi) is 5.22. The zero-order chi connectivity index (χ0) is 16.9. The van der Waals surface area contributed by atoms with E-state index in [0.29, 0.717) is 11.3 Å². The number of hydrogen-bond acceptors (Lipinski definition) is 4. The number of pyridine rings is 1. The molecule has 0 aliphatic carbocycles. The molecule has 24 heavy (non-hydrogen) atoms. The largest absolute Gasteiger partial charge is 0.455 e. The zero-order valence-corrected chi connectivity index (χ0v) is 15.4. The molecule has 0 saturated heterocycles. The molecule has 1 N–H and O–H groups in total. The topological polar surface area (TPSA) is 67.5 Å². The van der Waals surface area contributed by atoms with Crippen LogP contribution >= 0.6 is 31.9 Å². The Balaban J connectivity index is 1.65.